The Morgan fingerprint density at radius 1 is 1.00 bits per heavy atom. The van der Waals surface area contributed by atoms with Crippen molar-refractivity contribution < 1.29 is 27.8 Å². The molecule has 1 heterocycles. The van der Waals surface area contributed by atoms with E-state index >= 15 is 0 Å². The van der Waals surface area contributed by atoms with Crippen LogP contribution in [0.5, 0.6) is 0 Å². The quantitative estimate of drug-likeness (QED) is 0.721. The lowest BCUT2D eigenvalue weighted by atomic mass is 9.87. The zero-order valence-corrected chi connectivity index (χ0v) is 13.6. The molecule has 4 nitrogen and oxygen atoms in total. The Hall–Kier alpha value is -2.93. The van der Waals surface area contributed by atoms with Gasteiger partial charge in [0.1, 0.15) is 0 Å². The first-order valence-electron chi connectivity index (χ1n) is 7.62. The monoisotopic (exact) mass is 361 g/mol. The van der Waals surface area contributed by atoms with Crippen molar-refractivity contribution in [2.24, 2.45) is 0 Å². The minimum atomic E-state index is -5.27. The van der Waals surface area contributed by atoms with Crippen molar-refractivity contribution in [1.82, 2.24) is 4.98 Å². The molecule has 1 N–H and O–H groups in total. The van der Waals surface area contributed by atoms with Gasteiger partial charge in [-0.15, -0.1) is 0 Å². The molecular formula is C19H14F3NO3. The molecule has 0 radical (unpaired) electrons. The highest BCUT2D eigenvalue weighted by atomic mass is 19.4. The van der Waals surface area contributed by atoms with Crippen molar-refractivity contribution in [3.05, 3.63) is 66.2 Å². The average Bonchev–Trinajstić information content (AvgIpc) is 2.65. The summed E-state index contributed by atoms with van der Waals surface area (Å²) in [4.78, 5) is 16.2. The second kappa shape index (κ2) is 6.42. The molecule has 0 aliphatic heterocycles. The van der Waals surface area contributed by atoms with Crippen LogP contribution in [0.3, 0.4) is 0 Å². The Bertz CT molecular complexity index is 971. The summed E-state index contributed by atoms with van der Waals surface area (Å²) in [7, 11) is 0.788. The molecule has 0 amide bonds. The number of carbonyl (C=O) groups is 1. The molecule has 7 heteroatoms. The number of pyridine rings is 1. The maximum atomic E-state index is 13.6. The van der Waals surface area contributed by atoms with Crippen molar-refractivity contribution >= 4 is 16.9 Å². The van der Waals surface area contributed by atoms with Crippen molar-refractivity contribution in [1.29, 1.82) is 0 Å². The van der Waals surface area contributed by atoms with Gasteiger partial charge in [0.25, 0.3) is 5.60 Å². The summed E-state index contributed by atoms with van der Waals surface area (Å²) in [6, 6.07) is 15.6. The third-order valence-corrected chi connectivity index (χ3v) is 4.08. The Morgan fingerprint density at radius 3 is 2.35 bits per heavy atom. The number of fused-ring (bicyclic) bond motifs is 1. The number of alkyl halides is 3. The largest absolute Gasteiger partial charge is 0.466 e. The third kappa shape index (κ3) is 2.80. The van der Waals surface area contributed by atoms with Crippen molar-refractivity contribution in [2.75, 3.05) is 7.11 Å². The van der Waals surface area contributed by atoms with Gasteiger partial charge >= 0.3 is 12.1 Å². The standard InChI is InChI=1S/C19H14F3NO3/c1-26-17(24)18(25,19(20,21)22)14-8-4-3-7-13(14)16-11-10-12-6-2-5-9-15(12)23-16/h2-11,25H,1H3. The maximum absolute atomic E-state index is 13.6. The maximum Gasteiger partial charge on any atom is 0.432 e. The van der Waals surface area contributed by atoms with Gasteiger partial charge in [0, 0.05) is 16.5 Å². The van der Waals surface area contributed by atoms with Crippen molar-refractivity contribution in [3.63, 3.8) is 0 Å². The first kappa shape index (κ1) is 17.9. The Balaban J connectivity index is 2.26. The Labute approximate surface area is 146 Å². The van der Waals surface area contributed by atoms with Crippen LogP contribution in [0.1, 0.15) is 5.56 Å². The van der Waals surface area contributed by atoms with Crippen molar-refractivity contribution in [2.45, 2.75) is 11.8 Å². The first-order chi connectivity index (χ1) is 12.3. The minimum Gasteiger partial charge on any atom is -0.466 e. The van der Waals surface area contributed by atoms with E-state index in [1.165, 1.54) is 24.3 Å². The van der Waals surface area contributed by atoms with Crippen LogP contribution < -0.4 is 0 Å². The van der Waals surface area contributed by atoms with Gasteiger partial charge in [0.2, 0.25) is 0 Å². The summed E-state index contributed by atoms with van der Waals surface area (Å²) in [5.41, 5.74) is -3.67. The predicted octanol–water partition coefficient (Wildman–Crippen LogP) is 3.82. The number of halogens is 3. The number of benzene rings is 2. The average molecular weight is 361 g/mol. The van der Waals surface area contributed by atoms with E-state index < -0.39 is 23.3 Å². The molecule has 26 heavy (non-hydrogen) atoms. The lowest BCUT2D eigenvalue weighted by Crippen LogP contribution is -2.50. The number of methoxy groups -OCH3 is 1. The van der Waals surface area contributed by atoms with E-state index in [1.54, 1.807) is 18.2 Å². The van der Waals surface area contributed by atoms with Gasteiger partial charge in [-0.3, -0.25) is 0 Å². The van der Waals surface area contributed by atoms with Gasteiger partial charge < -0.3 is 9.84 Å². The van der Waals surface area contributed by atoms with E-state index in [0.29, 0.717) is 5.52 Å². The molecule has 134 valence electrons. The Morgan fingerprint density at radius 2 is 1.65 bits per heavy atom. The van der Waals surface area contributed by atoms with Gasteiger partial charge in [0.15, 0.2) is 0 Å². The van der Waals surface area contributed by atoms with E-state index in [0.717, 1.165) is 18.6 Å². The molecule has 0 saturated carbocycles. The molecule has 0 fully saturated rings. The molecule has 0 bridgehead atoms. The normalized spacial score (nSPS) is 14.0. The number of aliphatic hydroxyl groups is 1. The highest BCUT2D eigenvalue weighted by Crippen LogP contribution is 2.43. The second-order valence-electron chi connectivity index (χ2n) is 5.63. The smallest absolute Gasteiger partial charge is 0.432 e. The number of para-hydroxylation sites is 1. The molecule has 0 aliphatic carbocycles. The predicted molar refractivity (Wildman–Crippen MR) is 89.1 cm³/mol. The highest BCUT2D eigenvalue weighted by Gasteiger charge is 2.62. The zero-order chi connectivity index (χ0) is 18.9. The van der Waals surface area contributed by atoms with Gasteiger partial charge in [-0.25, -0.2) is 9.78 Å². The summed E-state index contributed by atoms with van der Waals surface area (Å²) in [5.74, 6) is -1.81. The number of rotatable bonds is 3. The van der Waals surface area contributed by atoms with Crippen molar-refractivity contribution in [3.8, 4) is 11.3 Å². The van der Waals surface area contributed by atoms with E-state index in [2.05, 4.69) is 9.72 Å². The van der Waals surface area contributed by atoms with Crippen LogP contribution in [0.25, 0.3) is 22.2 Å². The molecule has 0 spiro atoms. The first-order valence-corrected chi connectivity index (χ1v) is 7.62. The van der Waals surface area contributed by atoms with Gasteiger partial charge in [0.05, 0.1) is 18.3 Å². The molecule has 1 atom stereocenters. The molecular weight excluding hydrogens is 347 g/mol. The molecule has 0 aliphatic rings. The highest BCUT2D eigenvalue weighted by molar-refractivity contribution is 5.87. The lowest BCUT2D eigenvalue weighted by Gasteiger charge is -2.29. The fourth-order valence-corrected chi connectivity index (χ4v) is 2.76. The molecule has 3 rings (SSSR count). The molecule has 1 unspecified atom stereocenters. The third-order valence-electron chi connectivity index (χ3n) is 4.08. The zero-order valence-electron chi connectivity index (χ0n) is 13.6. The van der Waals surface area contributed by atoms with Crippen LogP contribution in [0.15, 0.2) is 60.7 Å². The van der Waals surface area contributed by atoms with Crippen LogP contribution >= 0.6 is 0 Å². The summed E-state index contributed by atoms with van der Waals surface area (Å²) in [6.45, 7) is 0. The number of carbonyl (C=O) groups excluding carboxylic acids is 1. The van der Waals surface area contributed by atoms with Gasteiger partial charge in [-0.2, -0.15) is 13.2 Å². The fourth-order valence-electron chi connectivity index (χ4n) is 2.76. The summed E-state index contributed by atoms with van der Waals surface area (Å²) < 4.78 is 45.0. The SMILES string of the molecule is COC(=O)C(O)(c1ccccc1-c1ccc2ccccc2n1)C(F)(F)F. The van der Waals surface area contributed by atoms with Crippen LogP contribution in [0, 0.1) is 0 Å². The minimum absolute atomic E-state index is 0.0107. The van der Waals surface area contributed by atoms with Crippen LogP contribution in [-0.2, 0) is 15.1 Å². The van der Waals surface area contributed by atoms with E-state index in [-0.39, 0.29) is 11.3 Å². The number of hydrogen-bond donors (Lipinski definition) is 1. The number of nitrogens with zero attached hydrogens (tertiary/aromatic N) is 1. The summed E-state index contributed by atoms with van der Waals surface area (Å²) in [6.07, 6.45) is -5.27. The molecule has 3 aromatic rings. The summed E-state index contributed by atoms with van der Waals surface area (Å²) >= 11 is 0. The summed E-state index contributed by atoms with van der Waals surface area (Å²) in [5, 5.41) is 11.1. The van der Waals surface area contributed by atoms with E-state index in [9.17, 15) is 23.1 Å². The van der Waals surface area contributed by atoms with Gasteiger partial charge in [-0.05, 0) is 12.1 Å². The van der Waals surface area contributed by atoms with Crippen LogP contribution in [-0.4, -0.2) is 29.3 Å². The van der Waals surface area contributed by atoms with Crippen LogP contribution in [0.4, 0.5) is 13.2 Å². The topological polar surface area (TPSA) is 59.4 Å². The molecule has 0 saturated heterocycles. The second-order valence-corrected chi connectivity index (χ2v) is 5.63. The lowest BCUT2D eigenvalue weighted by molar-refractivity contribution is -0.266. The molecule has 2 aromatic carbocycles. The fraction of sp³-hybridized carbons (Fsp3) is 0.158. The van der Waals surface area contributed by atoms with Crippen LogP contribution in [0.2, 0.25) is 0 Å². The molecule has 1 aromatic heterocycles. The van der Waals surface area contributed by atoms with E-state index in [1.807, 2.05) is 12.1 Å². The number of ether oxygens (including phenoxy) is 1. The number of hydrogen-bond acceptors (Lipinski definition) is 4. The Kier molecular flexibility index (Phi) is 4.41. The number of esters is 1. The number of aromatic nitrogens is 1. The van der Waals surface area contributed by atoms with Gasteiger partial charge in [-0.1, -0.05) is 48.5 Å². The van der Waals surface area contributed by atoms with E-state index in [4.69, 9.17) is 0 Å².